The van der Waals surface area contributed by atoms with Crippen LogP contribution in [0, 0.1) is 11.8 Å². The van der Waals surface area contributed by atoms with Crippen LogP contribution in [0.15, 0.2) is 0 Å². The lowest BCUT2D eigenvalue weighted by molar-refractivity contribution is 0.0963. The summed E-state index contributed by atoms with van der Waals surface area (Å²) in [5.74, 6) is 1.86. The van der Waals surface area contributed by atoms with E-state index in [1.165, 1.54) is 25.5 Å². The zero-order chi connectivity index (χ0) is 14.8. The monoisotopic (exact) mass is 302 g/mol. The van der Waals surface area contributed by atoms with E-state index in [9.17, 15) is 8.42 Å². The maximum Gasteiger partial charge on any atom is 0.147 e. The molecule has 0 spiro atoms. The molecule has 5 heteroatoms. The Morgan fingerprint density at radius 2 is 2.05 bits per heavy atom. The summed E-state index contributed by atoms with van der Waals surface area (Å²) in [6.07, 6.45) is 6.01. The lowest BCUT2D eigenvalue weighted by atomic mass is 9.94. The molecule has 3 unspecified atom stereocenters. The topological polar surface area (TPSA) is 49.4 Å². The Bertz CT molecular complexity index is 406. The molecule has 1 aliphatic heterocycles. The van der Waals surface area contributed by atoms with Crippen molar-refractivity contribution >= 4 is 9.84 Å². The Hall–Kier alpha value is -0.130. The number of hydrogen-bond acceptors (Lipinski definition) is 4. The molecule has 0 radical (unpaired) electrons. The molecule has 0 aromatic carbocycles. The lowest BCUT2D eigenvalue weighted by Gasteiger charge is -2.42. The van der Waals surface area contributed by atoms with E-state index in [0.29, 0.717) is 23.8 Å². The molecule has 2 fully saturated rings. The van der Waals surface area contributed by atoms with Crippen LogP contribution in [0.4, 0.5) is 0 Å². The van der Waals surface area contributed by atoms with Crippen LogP contribution in [0.5, 0.6) is 0 Å². The summed E-state index contributed by atoms with van der Waals surface area (Å²) < 4.78 is 22.6. The average molecular weight is 302 g/mol. The van der Waals surface area contributed by atoms with Crippen LogP contribution in [-0.2, 0) is 9.84 Å². The zero-order valence-electron chi connectivity index (χ0n) is 13.1. The van der Waals surface area contributed by atoms with Crippen molar-refractivity contribution in [1.29, 1.82) is 0 Å². The number of sulfone groups is 1. The van der Waals surface area contributed by atoms with Crippen molar-refractivity contribution < 1.29 is 8.42 Å². The normalized spacial score (nSPS) is 30.4. The van der Waals surface area contributed by atoms with Gasteiger partial charge < -0.3 is 5.32 Å². The van der Waals surface area contributed by atoms with Gasteiger partial charge in [-0.1, -0.05) is 20.3 Å². The summed E-state index contributed by atoms with van der Waals surface area (Å²) >= 11 is 0. The maximum absolute atomic E-state index is 11.3. The number of nitrogens with one attached hydrogen (secondary N) is 1. The predicted octanol–water partition coefficient (Wildman–Crippen LogP) is 1.52. The first kappa shape index (κ1) is 16.2. The van der Waals surface area contributed by atoms with Crippen molar-refractivity contribution in [3.8, 4) is 0 Å². The zero-order valence-corrected chi connectivity index (χ0v) is 14.0. The highest BCUT2D eigenvalue weighted by Crippen LogP contribution is 2.36. The van der Waals surface area contributed by atoms with E-state index in [2.05, 4.69) is 24.1 Å². The van der Waals surface area contributed by atoms with E-state index in [4.69, 9.17) is 0 Å². The molecule has 4 nitrogen and oxygen atoms in total. The van der Waals surface area contributed by atoms with Crippen LogP contribution in [0.25, 0.3) is 0 Å². The van der Waals surface area contributed by atoms with E-state index >= 15 is 0 Å². The third-order valence-electron chi connectivity index (χ3n) is 4.95. The van der Waals surface area contributed by atoms with Crippen molar-refractivity contribution in [2.45, 2.75) is 51.6 Å². The molecule has 2 rings (SSSR count). The van der Waals surface area contributed by atoms with Gasteiger partial charge in [0.05, 0.1) is 5.75 Å². The quantitative estimate of drug-likeness (QED) is 0.775. The highest BCUT2D eigenvalue weighted by molar-refractivity contribution is 7.90. The molecule has 0 amide bonds. The molecule has 1 saturated carbocycles. The summed E-state index contributed by atoms with van der Waals surface area (Å²) in [7, 11) is -2.82. The number of rotatable bonds is 7. The van der Waals surface area contributed by atoms with Crippen LogP contribution < -0.4 is 5.32 Å². The molecule has 1 saturated heterocycles. The van der Waals surface area contributed by atoms with Gasteiger partial charge in [-0.25, -0.2) is 8.42 Å². The minimum atomic E-state index is -2.82. The fourth-order valence-electron chi connectivity index (χ4n) is 3.25. The molecular formula is C15H30N2O2S. The SMILES string of the molecule is CCC(C)C1CN(CCCS(C)(=O)=O)C(C2CC2)CN1. The van der Waals surface area contributed by atoms with Gasteiger partial charge in [-0.15, -0.1) is 0 Å². The Morgan fingerprint density at radius 3 is 2.60 bits per heavy atom. The molecule has 1 heterocycles. The first-order chi connectivity index (χ1) is 9.40. The van der Waals surface area contributed by atoms with E-state index in [0.717, 1.165) is 32.0 Å². The van der Waals surface area contributed by atoms with Gasteiger partial charge in [0, 0.05) is 31.4 Å². The van der Waals surface area contributed by atoms with Crippen LogP contribution >= 0.6 is 0 Å². The van der Waals surface area contributed by atoms with Crippen LogP contribution in [-0.4, -0.2) is 57.0 Å². The number of hydrogen-bond donors (Lipinski definition) is 1. The minimum Gasteiger partial charge on any atom is -0.311 e. The minimum absolute atomic E-state index is 0.322. The molecule has 3 atom stereocenters. The first-order valence-electron chi connectivity index (χ1n) is 8.06. The number of nitrogens with zero attached hydrogens (tertiary/aromatic N) is 1. The molecule has 0 aromatic rings. The van der Waals surface area contributed by atoms with Crippen LogP contribution in [0.3, 0.4) is 0 Å². The molecule has 0 bridgehead atoms. The van der Waals surface area contributed by atoms with Gasteiger partial charge in [0.1, 0.15) is 9.84 Å². The van der Waals surface area contributed by atoms with E-state index in [1.807, 2.05) is 0 Å². The summed E-state index contributed by atoms with van der Waals surface area (Å²) in [6, 6.07) is 1.20. The molecule has 1 aliphatic carbocycles. The second-order valence-corrected chi connectivity index (χ2v) is 9.04. The molecule has 0 aromatic heterocycles. The fraction of sp³-hybridized carbons (Fsp3) is 1.00. The van der Waals surface area contributed by atoms with Crippen molar-refractivity contribution in [3.63, 3.8) is 0 Å². The largest absolute Gasteiger partial charge is 0.311 e. The standard InChI is InChI=1S/C15H30N2O2S/c1-4-12(2)14-11-17(8-5-9-20(3,18)19)15(10-16-14)13-6-7-13/h12-16H,4-11H2,1-3H3. The van der Waals surface area contributed by atoms with Gasteiger partial charge >= 0.3 is 0 Å². The van der Waals surface area contributed by atoms with E-state index < -0.39 is 9.84 Å². The van der Waals surface area contributed by atoms with Crippen molar-refractivity contribution in [2.24, 2.45) is 11.8 Å². The highest BCUT2D eigenvalue weighted by Gasteiger charge is 2.39. The highest BCUT2D eigenvalue weighted by atomic mass is 32.2. The number of piperazine rings is 1. The molecule has 20 heavy (non-hydrogen) atoms. The van der Waals surface area contributed by atoms with Crippen LogP contribution in [0.1, 0.15) is 39.5 Å². The van der Waals surface area contributed by atoms with Crippen LogP contribution in [0.2, 0.25) is 0 Å². The third kappa shape index (κ3) is 4.71. The fourth-order valence-corrected chi connectivity index (χ4v) is 3.91. The third-order valence-corrected chi connectivity index (χ3v) is 5.98. The van der Waals surface area contributed by atoms with Gasteiger partial charge in [-0.3, -0.25) is 4.90 Å². The Balaban J connectivity index is 1.89. The van der Waals surface area contributed by atoms with Gasteiger partial charge in [0.25, 0.3) is 0 Å². The Labute approximate surface area is 124 Å². The van der Waals surface area contributed by atoms with Gasteiger partial charge in [0.2, 0.25) is 0 Å². The van der Waals surface area contributed by atoms with Crippen molar-refractivity contribution in [3.05, 3.63) is 0 Å². The summed E-state index contributed by atoms with van der Waals surface area (Å²) in [6.45, 7) is 7.65. The summed E-state index contributed by atoms with van der Waals surface area (Å²) in [5, 5.41) is 3.72. The summed E-state index contributed by atoms with van der Waals surface area (Å²) in [5.41, 5.74) is 0. The van der Waals surface area contributed by atoms with Gasteiger partial charge in [-0.2, -0.15) is 0 Å². The second-order valence-electron chi connectivity index (χ2n) is 6.78. The van der Waals surface area contributed by atoms with Gasteiger partial charge in [-0.05, 0) is 37.6 Å². The van der Waals surface area contributed by atoms with Gasteiger partial charge in [0.15, 0.2) is 0 Å². The lowest BCUT2D eigenvalue weighted by Crippen LogP contribution is -2.59. The first-order valence-corrected chi connectivity index (χ1v) is 10.1. The van der Waals surface area contributed by atoms with E-state index in [-0.39, 0.29) is 0 Å². The van der Waals surface area contributed by atoms with E-state index in [1.54, 1.807) is 0 Å². The maximum atomic E-state index is 11.3. The molecule has 118 valence electrons. The Morgan fingerprint density at radius 1 is 1.35 bits per heavy atom. The van der Waals surface area contributed by atoms with Crippen molar-refractivity contribution in [2.75, 3.05) is 31.6 Å². The van der Waals surface area contributed by atoms with Crippen molar-refractivity contribution in [1.82, 2.24) is 10.2 Å². The second kappa shape index (κ2) is 6.75. The molecule has 2 aliphatic rings. The smallest absolute Gasteiger partial charge is 0.147 e. The average Bonchev–Trinajstić information content (AvgIpc) is 3.20. The molecule has 1 N–H and O–H groups in total. The molecular weight excluding hydrogens is 272 g/mol. The predicted molar refractivity (Wildman–Crippen MR) is 83.7 cm³/mol. The summed E-state index contributed by atoms with van der Waals surface area (Å²) in [4.78, 5) is 2.57. The Kier molecular flexibility index (Phi) is 5.49.